The van der Waals surface area contributed by atoms with Crippen LogP contribution in [0.4, 0.5) is 0 Å². The fourth-order valence-electron chi connectivity index (χ4n) is 2.95. The molecular formula is C21H18N6O2. The van der Waals surface area contributed by atoms with Crippen molar-refractivity contribution in [2.75, 3.05) is 0 Å². The van der Waals surface area contributed by atoms with Crippen LogP contribution in [-0.4, -0.2) is 29.9 Å². The average Bonchev–Trinajstić information content (AvgIpc) is 2.74. The standard InChI is InChI=1S/C21H18N6O2/c28-18-10-12-22-20(26-18)16-8-2-6-14(24-16)4-1-5-15-7-3-9-17(25-15)21-23-13-11-19(29)27-21/h2-3,6-13H,1,4-5H2,(H,22,26,28)(H,23,27,29). The zero-order valence-corrected chi connectivity index (χ0v) is 15.5. The molecule has 4 aromatic heterocycles. The molecule has 0 unspecified atom stereocenters. The molecule has 0 saturated heterocycles. The molecular weight excluding hydrogens is 368 g/mol. The molecule has 0 saturated carbocycles. The number of hydrogen-bond acceptors (Lipinski definition) is 6. The van der Waals surface area contributed by atoms with Gasteiger partial charge in [0.25, 0.3) is 11.1 Å². The Bertz CT molecular complexity index is 1150. The number of nitrogens with zero attached hydrogens (tertiary/aromatic N) is 4. The summed E-state index contributed by atoms with van der Waals surface area (Å²) in [4.78, 5) is 45.8. The first-order valence-corrected chi connectivity index (χ1v) is 9.21. The Morgan fingerprint density at radius 1 is 0.655 bits per heavy atom. The number of aromatic nitrogens is 6. The van der Waals surface area contributed by atoms with E-state index in [1.807, 2.05) is 36.4 Å². The Balaban J connectivity index is 1.43. The van der Waals surface area contributed by atoms with Crippen LogP contribution in [0.15, 0.2) is 70.5 Å². The quantitative estimate of drug-likeness (QED) is 0.524. The number of hydrogen-bond donors (Lipinski definition) is 2. The summed E-state index contributed by atoms with van der Waals surface area (Å²) in [6.07, 6.45) is 5.31. The van der Waals surface area contributed by atoms with Crippen LogP contribution in [0.25, 0.3) is 23.0 Å². The molecule has 0 atom stereocenters. The first-order valence-electron chi connectivity index (χ1n) is 9.21. The predicted molar refractivity (Wildman–Crippen MR) is 108 cm³/mol. The van der Waals surface area contributed by atoms with Gasteiger partial charge in [0, 0.05) is 35.9 Å². The predicted octanol–water partition coefficient (Wildman–Crippen LogP) is 2.15. The van der Waals surface area contributed by atoms with E-state index in [1.165, 1.54) is 24.5 Å². The van der Waals surface area contributed by atoms with Crippen molar-refractivity contribution in [3.63, 3.8) is 0 Å². The monoisotopic (exact) mass is 386 g/mol. The zero-order chi connectivity index (χ0) is 20.1. The molecule has 29 heavy (non-hydrogen) atoms. The molecule has 8 nitrogen and oxygen atoms in total. The normalized spacial score (nSPS) is 10.8. The van der Waals surface area contributed by atoms with E-state index in [1.54, 1.807) is 0 Å². The molecule has 8 heteroatoms. The molecule has 4 rings (SSSR count). The topological polar surface area (TPSA) is 117 Å². The SMILES string of the molecule is O=c1ccnc(-c2cccc(CCCc3cccc(-c4nccc(=O)[nH]4)n3)n2)[nH]1. The van der Waals surface area contributed by atoms with Gasteiger partial charge in [0.2, 0.25) is 0 Å². The molecule has 0 radical (unpaired) electrons. The number of H-pyrrole nitrogens is 2. The highest BCUT2D eigenvalue weighted by molar-refractivity contribution is 5.49. The average molecular weight is 386 g/mol. The van der Waals surface area contributed by atoms with E-state index >= 15 is 0 Å². The lowest BCUT2D eigenvalue weighted by Crippen LogP contribution is -2.07. The van der Waals surface area contributed by atoms with Crippen molar-refractivity contribution in [1.82, 2.24) is 29.9 Å². The molecule has 0 aliphatic heterocycles. The van der Waals surface area contributed by atoms with Gasteiger partial charge in [0.15, 0.2) is 11.6 Å². The highest BCUT2D eigenvalue weighted by atomic mass is 16.1. The van der Waals surface area contributed by atoms with Gasteiger partial charge in [-0.3, -0.25) is 9.59 Å². The summed E-state index contributed by atoms with van der Waals surface area (Å²) in [7, 11) is 0. The van der Waals surface area contributed by atoms with Gasteiger partial charge in [0.1, 0.15) is 11.4 Å². The zero-order valence-electron chi connectivity index (χ0n) is 15.5. The molecule has 0 fully saturated rings. The Kier molecular flexibility index (Phi) is 5.33. The van der Waals surface area contributed by atoms with Gasteiger partial charge in [-0.2, -0.15) is 0 Å². The summed E-state index contributed by atoms with van der Waals surface area (Å²) in [5.41, 5.74) is 2.70. The lowest BCUT2D eigenvalue weighted by Gasteiger charge is -2.06. The summed E-state index contributed by atoms with van der Waals surface area (Å²) in [6, 6.07) is 14.1. The molecule has 144 valence electrons. The minimum atomic E-state index is -0.206. The molecule has 0 aliphatic rings. The Morgan fingerprint density at radius 3 is 1.59 bits per heavy atom. The van der Waals surface area contributed by atoms with Gasteiger partial charge in [-0.1, -0.05) is 12.1 Å². The summed E-state index contributed by atoms with van der Waals surface area (Å²) in [6.45, 7) is 0. The number of pyridine rings is 2. The van der Waals surface area contributed by atoms with E-state index in [0.29, 0.717) is 23.0 Å². The minimum absolute atomic E-state index is 0.206. The van der Waals surface area contributed by atoms with Crippen molar-refractivity contribution in [3.8, 4) is 23.0 Å². The summed E-state index contributed by atoms with van der Waals surface area (Å²) < 4.78 is 0. The summed E-state index contributed by atoms with van der Waals surface area (Å²) in [5, 5.41) is 0. The van der Waals surface area contributed by atoms with E-state index in [-0.39, 0.29) is 11.1 Å². The molecule has 0 aliphatic carbocycles. The van der Waals surface area contributed by atoms with E-state index < -0.39 is 0 Å². The van der Waals surface area contributed by atoms with Crippen LogP contribution in [0.1, 0.15) is 17.8 Å². The maximum atomic E-state index is 11.5. The third kappa shape index (κ3) is 4.67. The second-order valence-electron chi connectivity index (χ2n) is 6.45. The molecule has 0 aromatic carbocycles. The van der Waals surface area contributed by atoms with Gasteiger partial charge < -0.3 is 9.97 Å². The molecule has 2 N–H and O–H groups in total. The fourth-order valence-corrected chi connectivity index (χ4v) is 2.95. The van der Waals surface area contributed by atoms with Crippen LogP contribution >= 0.6 is 0 Å². The summed E-state index contributed by atoms with van der Waals surface area (Å²) in [5.74, 6) is 0.913. The van der Waals surface area contributed by atoms with Crippen LogP contribution < -0.4 is 11.1 Å². The third-order valence-corrected chi connectivity index (χ3v) is 4.31. The maximum absolute atomic E-state index is 11.5. The second-order valence-corrected chi connectivity index (χ2v) is 6.45. The van der Waals surface area contributed by atoms with E-state index in [9.17, 15) is 9.59 Å². The van der Waals surface area contributed by atoms with E-state index in [2.05, 4.69) is 29.9 Å². The molecule has 0 spiro atoms. The van der Waals surface area contributed by atoms with Crippen LogP contribution in [0, 0.1) is 0 Å². The Morgan fingerprint density at radius 2 is 1.14 bits per heavy atom. The largest absolute Gasteiger partial charge is 0.305 e. The van der Waals surface area contributed by atoms with Crippen molar-refractivity contribution in [2.45, 2.75) is 19.3 Å². The van der Waals surface area contributed by atoms with Crippen LogP contribution in [-0.2, 0) is 12.8 Å². The number of aromatic amines is 2. The van der Waals surface area contributed by atoms with Crippen LogP contribution in [0.3, 0.4) is 0 Å². The number of aryl methyl sites for hydroxylation is 2. The fraction of sp³-hybridized carbons (Fsp3) is 0.143. The first kappa shape index (κ1) is 18.4. The lowest BCUT2D eigenvalue weighted by atomic mass is 10.1. The van der Waals surface area contributed by atoms with Gasteiger partial charge in [-0.25, -0.2) is 19.9 Å². The van der Waals surface area contributed by atoms with Crippen molar-refractivity contribution >= 4 is 0 Å². The smallest absolute Gasteiger partial charge is 0.251 e. The Labute approximate surface area is 165 Å². The van der Waals surface area contributed by atoms with Gasteiger partial charge in [-0.05, 0) is 43.5 Å². The van der Waals surface area contributed by atoms with E-state index in [4.69, 9.17) is 0 Å². The van der Waals surface area contributed by atoms with Gasteiger partial charge >= 0.3 is 0 Å². The van der Waals surface area contributed by atoms with E-state index in [0.717, 1.165) is 30.7 Å². The van der Waals surface area contributed by atoms with Gasteiger partial charge in [-0.15, -0.1) is 0 Å². The molecule has 4 heterocycles. The third-order valence-electron chi connectivity index (χ3n) is 4.31. The molecule has 0 amide bonds. The van der Waals surface area contributed by atoms with Crippen molar-refractivity contribution < 1.29 is 0 Å². The number of nitrogens with one attached hydrogen (secondary N) is 2. The molecule has 4 aromatic rings. The lowest BCUT2D eigenvalue weighted by molar-refractivity contribution is 0.781. The van der Waals surface area contributed by atoms with Crippen molar-refractivity contribution in [2.24, 2.45) is 0 Å². The van der Waals surface area contributed by atoms with Crippen LogP contribution in [0.2, 0.25) is 0 Å². The number of rotatable bonds is 6. The first-order chi connectivity index (χ1) is 14.2. The second kappa shape index (κ2) is 8.39. The minimum Gasteiger partial charge on any atom is -0.305 e. The van der Waals surface area contributed by atoms with Gasteiger partial charge in [0.05, 0.1) is 0 Å². The highest BCUT2D eigenvalue weighted by Gasteiger charge is 2.06. The molecule has 0 bridgehead atoms. The van der Waals surface area contributed by atoms with Crippen LogP contribution in [0.5, 0.6) is 0 Å². The highest BCUT2D eigenvalue weighted by Crippen LogP contribution is 2.14. The Hall–Kier alpha value is -3.94. The van der Waals surface area contributed by atoms with Crippen molar-refractivity contribution in [1.29, 1.82) is 0 Å². The maximum Gasteiger partial charge on any atom is 0.251 e. The van der Waals surface area contributed by atoms with Crippen molar-refractivity contribution in [3.05, 3.63) is 93.0 Å². The summed E-state index contributed by atoms with van der Waals surface area (Å²) >= 11 is 0.